The van der Waals surface area contributed by atoms with Crippen molar-refractivity contribution in [2.75, 3.05) is 36.0 Å². The first kappa shape index (κ1) is 33.2. The average Bonchev–Trinajstić information content (AvgIpc) is 3.86. The van der Waals surface area contributed by atoms with Crippen LogP contribution >= 0.6 is 0 Å². The number of nitrogens with one attached hydrogen (secondary N) is 1. The number of piperidine rings is 1. The van der Waals surface area contributed by atoms with Crippen LogP contribution in [0.15, 0.2) is 85.3 Å². The highest BCUT2D eigenvalue weighted by Crippen LogP contribution is 2.37. The lowest BCUT2D eigenvalue weighted by atomic mass is 9.98. The van der Waals surface area contributed by atoms with E-state index in [0.29, 0.717) is 30.4 Å². The summed E-state index contributed by atoms with van der Waals surface area (Å²) in [5.41, 5.74) is 10.2. The molecule has 0 saturated carbocycles. The zero-order valence-corrected chi connectivity index (χ0v) is 29.3. The number of aromatic nitrogens is 3. The Morgan fingerprint density at radius 3 is 2.21 bits per heavy atom. The maximum Gasteiger partial charge on any atom is 0.262 e. The van der Waals surface area contributed by atoms with Gasteiger partial charge in [-0.05, 0) is 91.4 Å². The second-order valence-electron chi connectivity index (χ2n) is 14.2. The second-order valence-corrected chi connectivity index (χ2v) is 14.2. The predicted molar refractivity (Wildman–Crippen MR) is 199 cm³/mol. The van der Waals surface area contributed by atoms with Gasteiger partial charge in [0.1, 0.15) is 18.1 Å². The summed E-state index contributed by atoms with van der Waals surface area (Å²) in [6.45, 7) is 4.91. The quantitative estimate of drug-likeness (QED) is 0.218. The standard InChI is InChI=1S/C41H39N7O5/c1-24-33(10-9-31-37(24)41(53)48(40(31)52)34-11-13-36(50)43-39(34)51)46-20-18-45(19-21-46)28-4-6-29(7-5-28)47-23-32(38(44-47)25-14-16-42-17-15-25)27-2-8-30-26(22-27)3-12-35(30)49/h2,4-10,14-17,22-23,34,36,39,43,50-51H,3,11-13,18-21H2,1H3. The van der Waals surface area contributed by atoms with E-state index in [0.717, 1.165) is 93.6 Å². The number of imide groups is 1. The van der Waals surface area contributed by atoms with Gasteiger partial charge < -0.3 is 20.0 Å². The molecule has 3 N–H and O–H groups in total. The molecule has 9 rings (SSSR count). The van der Waals surface area contributed by atoms with Gasteiger partial charge in [-0.2, -0.15) is 5.10 Å². The molecule has 3 atom stereocenters. The summed E-state index contributed by atoms with van der Waals surface area (Å²) in [6, 6.07) is 21.3. The molecule has 5 aromatic rings. The van der Waals surface area contributed by atoms with Gasteiger partial charge in [-0.1, -0.05) is 18.2 Å². The van der Waals surface area contributed by atoms with Crippen molar-refractivity contribution < 1.29 is 24.6 Å². The molecule has 12 nitrogen and oxygen atoms in total. The molecule has 2 fully saturated rings. The molecule has 5 heterocycles. The first-order chi connectivity index (χ1) is 25.7. The lowest BCUT2D eigenvalue weighted by Crippen LogP contribution is -2.58. The van der Waals surface area contributed by atoms with Gasteiger partial charge in [-0.25, -0.2) is 4.68 Å². The largest absolute Gasteiger partial charge is 0.379 e. The monoisotopic (exact) mass is 709 g/mol. The molecule has 2 amide bonds. The highest BCUT2D eigenvalue weighted by Gasteiger charge is 2.45. The first-order valence-corrected chi connectivity index (χ1v) is 18.2. The molecule has 2 aromatic heterocycles. The van der Waals surface area contributed by atoms with Gasteiger partial charge in [0.05, 0.1) is 22.9 Å². The number of amides is 2. The van der Waals surface area contributed by atoms with Crippen LogP contribution in [-0.2, 0) is 6.42 Å². The van der Waals surface area contributed by atoms with E-state index in [1.807, 2.05) is 41.9 Å². The van der Waals surface area contributed by atoms with Gasteiger partial charge in [0.15, 0.2) is 5.78 Å². The maximum absolute atomic E-state index is 13.6. The summed E-state index contributed by atoms with van der Waals surface area (Å²) in [7, 11) is 0. The number of aryl methyl sites for hydroxylation is 1. The van der Waals surface area contributed by atoms with Crippen molar-refractivity contribution in [1.29, 1.82) is 0 Å². The van der Waals surface area contributed by atoms with Crippen molar-refractivity contribution in [3.8, 4) is 28.1 Å². The van der Waals surface area contributed by atoms with Gasteiger partial charge in [-0.3, -0.25) is 29.6 Å². The summed E-state index contributed by atoms with van der Waals surface area (Å²) in [5.74, 6) is -0.599. The van der Waals surface area contributed by atoms with Gasteiger partial charge in [0.25, 0.3) is 11.8 Å². The molecule has 1 aliphatic carbocycles. The second kappa shape index (κ2) is 13.1. The van der Waals surface area contributed by atoms with Crippen molar-refractivity contribution in [2.45, 2.75) is 51.1 Å². The number of piperazine rings is 1. The van der Waals surface area contributed by atoms with Crippen molar-refractivity contribution in [1.82, 2.24) is 25.0 Å². The lowest BCUT2D eigenvalue weighted by molar-refractivity contribution is -0.0413. The van der Waals surface area contributed by atoms with E-state index in [1.165, 1.54) is 0 Å². The Labute approximate surface area is 306 Å². The van der Waals surface area contributed by atoms with Crippen molar-refractivity contribution >= 4 is 29.0 Å². The third-order valence-electron chi connectivity index (χ3n) is 11.2. The van der Waals surface area contributed by atoms with E-state index >= 15 is 0 Å². The molecule has 3 unspecified atom stereocenters. The van der Waals surface area contributed by atoms with Crippen LogP contribution in [0.3, 0.4) is 0 Å². The number of ketones is 1. The number of nitrogens with zero attached hydrogens (tertiary/aromatic N) is 6. The number of carbonyl (C=O) groups is 3. The first-order valence-electron chi connectivity index (χ1n) is 18.2. The number of fused-ring (bicyclic) bond motifs is 2. The number of hydrogen-bond acceptors (Lipinski definition) is 10. The third-order valence-corrected chi connectivity index (χ3v) is 11.2. The van der Waals surface area contributed by atoms with E-state index in [-0.39, 0.29) is 5.78 Å². The number of Topliss-reactive ketones (excluding diaryl/α,β-unsaturated/α-hetero) is 1. The van der Waals surface area contributed by atoms with Crippen LogP contribution in [0.5, 0.6) is 0 Å². The fourth-order valence-corrected chi connectivity index (χ4v) is 8.37. The van der Waals surface area contributed by atoms with Crippen LogP contribution in [0.4, 0.5) is 11.4 Å². The molecule has 2 saturated heterocycles. The van der Waals surface area contributed by atoms with Crippen LogP contribution in [0.25, 0.3) is 28.1 Å². The Hall–Kier alpha value is -5.69. The summed E-state index contributed by atoms with van der Waals surface area (Å²) < 4.78 is 1.91. The molecule has 0 spiro atoms. The number of rotatable bonds is 6. The van der Waals surface area contributed by atoms with Gasteiger partial charge in [0.2, 0.25) is 0 Å². The number of anilines is 2. The van der Waals surface area contributed by atoms with E-state index in [4.69, 9.17) is 5.10 Å². The van der Waals surface area contributed by atoms with Gasteiger partial charge in [-0.15, -0.1) is 0 Å². The van der Waals surface area contributed by atoms with Gasteiger partial charge in [0, 0.05) is 79.3 Å². The maximum atomic E-state index is 13.6. The molecule has 0 radical (unpaired) electrons. The minimum Gasteiger partial charge on any atom is -0.379 e. The number of aliphatic hydroxyl groups is 2. The minimum absolute atomic E-state index is 0.204. The summed E-state index contributed by atoms with van der Waals surface area (Å²) in [5, 5.41) is 28.0. The minimum atomic E-state index is -1.19. The van der Waals surface area contributed by atoms with Crippen LogP contribution in [0, 0.1) is 6.92 Å². The highest BCUT2D eigenvalue weighted by atomic mass is 16.3. The van der Waals surface area contributed by atoms with E-state index in [2.05, 4.69) is 56.6 Å². The molecule has 12 heteroatoms. The summed E-state index contributed by atoms with van der Waals surface area (Å²) >= 11 is 0. The van der Waals surface area contributed by atoms with Crippen LogP contribution in [-0.4, -0.2) is 92.2 Å². The molecule has 268 valence electrons. The molecular formula is C41H39N7O5. The molecule has 53 heavy (non-hydrogen) atoms. The molecule has 4 aliphatic rings. The number of pyridine rings is 1. The zero-order chi connectivity index (χ0) is 36.4. The SMILES string of the molecule is Cc1c(N2CCN(c3ccc(-n4cc(-c5ccc6c(c5)CCC6=O)c(-c5ccncc5)n4)cc3)CC2)ccc2c1C(=O)N(C1CCC(O)NC1O)C2=O. The lowest BCUT2D eigenvalue weighted by Gasteiger charge is -2.38. The Bertz CT molecular complexity index is 2260. The average molecular weight is 710 g/mol. The molecule has 3 aromatic carbocycles. The number of benzene rings is 3. The van der Waals surface area contributed by atoms with E-state index in [1.54, 1.807) is 18.5 Å². The summed E-state index contributed by atoms with van der Waals surface area (Å²) in [6.07, 6.45) is 5.52. The fraction of sp³-hybridized carbons (Fsp3) is 0.293. The van der Waals surface area contributed by atoms with Crippen LogP contribution in [0.1, 0.15) is 61.5 Å². The molecule has 3 aliphatic heterocycles. The number of hydrogen-bond donors (Lipinski definition) is 3. The summed E-state index contributed by atoms with van der Waals surface area (Å²) in [4.78, 5) is 49.2. The Morgan fingerprint density at radius 1 is 0.736 bits per heavy atom. The van der Waals surface area contributed by atoms with Crippen molar-refractivity contribution in [3.63, 3.8) is 0 Å². The van der Waals surface area contributed by atoms with Crippen molar-refractivity contribution in [3.05, 3.63) is 113 Å². The van der Waals surface area contributed by atoms with Gasteiger partial charge >= 0.3 is 0 Å². The van der Waals surface area contributed by atoms with Crippen LogP contribution < -0.4 is 15.1 Å². The highest BCUT2D eigenvalue weighted by molar-refractivity contribution is 6.22. The van der Waals surface area contributed by atoms with E-state index in [9.17, 15) is 24.6 Å². The van der Waals surface area contributed by atoms with E-state index < -0.39 is 30.3 Å². The normalized spacial score (nSPS) is 21.4. The third kappa shape index (κ3) is 5.70. The Kier molecular flexibility index (Phi) is 8.17. The number of aliphatic hydroxyl groups excluding tert-OH is 2. The Morgan fingerprint density at radius 2 is 1.45 bits per heavy atom. The van der Waals surface area contributed by atoms with Crippen molar-refractivity contribution in [2.24, 2.45) is 0 Å². The Balaban J connectivity index is 0.914. The topological polar surface area (TPSA) is 144 Å². The molecule has 0 bridgehead atoms. The zero-order valence-electron chi connectivity index (χ0n) is 29.3. The predicted octanol–water partition coefficient (Wildman–Crippen LogP) is 4.35. The molecular weight excluding hydrogens is 670 g/mol. The van der Waals surface area contributed by atoms with Crippen LogP contribution in [0.2, 0.25) is 0 Å². The number of carbonyl (C=O) groups excluding carboxylic acids is 3. The smallest absolute Gasteiger partial charge is 0.262 e. The fourth-order valence-electron chi connectivity index (χ4n) is 8.37.